The molecule has 2 heterocycles. The molecule has 2 unspecified atom stereocenters. The Morgan fingerprint density at radius 2 is 1.67 bits per heavy atom. The van der Waals surface area contributed by atoms with Crippen molar-refractivity contribution in [1.82, 2.24) is 9.62 Å². The normalized spacial score (nSPS) is 20.2. The Balaban J connectivity index is 1.25. The van der Waals surface area contributed by atoms with Crippen LogP contribution in [0.1, 0.15) is 45.2 Å². The van der Waals surface area contributed by atoms with E-state index in [1.165, 1.54) is 30.5 Å². The summed E-state index contributed by atoms with van der Waals surface area (Å²) in [5, 5.41) is 16.5. The van der Waals surface area contributed by atoms with Gasteiger partial charge in [0.25, 0.3) is 0 Å². The first-order valence-electron chi connectivity index (χ1n) is 20.3. The van der Waals surface area contributed by atoms with E-state index >= 15 is 0 Å². The number of nitrogens with one attached hydrogen (secondary N) is 1. The van der Waals surface area contributed by atoms with Crippen LogP contribution in [0.2, 0.25) is 0 Å². The number of hydrogen-bond acceptors (Lipinski definition) is 13. The highest BCUT2D eigenvalue weighted by Crippen LogP contribution is 2.49. The number of aliphatic hydroxyl groups is 1. The number of sulfonamides is 1. The zero-order valence-electron chi connectivity index (χ0n) is 34.8. The fraction of sp³-hybridized carbons (Fsp3) is 0.524. The number of alkyl carbamates (subject to hydrolysis) is 1. The van der Waals surface area contributed by atoms with Crippen molar-refractivity contribution in [3.8, 4) is 11.5 Å². The van der Waals surface area contributed by atoms with Gasteiger partial charge in [0, 0.05) is 18.7 Å². The molecule has 18 heteroatoms. The number of fused-ring (bicyclic) bond motifs is 1. The van der Waals surface area contributed by atoms with Crippen LogP contribution < -0.4 is 19.9 Å². The van der Waals surface area contributed by atoms with Gasteiger partial charge in [-0.25, -0.2) is 22.6 Å². The molecule has 2 saturated heterocycles. The fourth-order valence-electron chi connectivity index (χ4n) is 6.95. The summed E-state index contributed by atoms with van der Waals surface area (Å²) in [6.45, 7) is 8.48. The largest absolute Gasteiger partial charge is 0.497 e. The molecule has 330 valence electrons. The Bertz CT molecular complexity index is 1970. The van der Waals surface area contributed by atoms with Crippen molar-refractivity contribution in [2.24, 2.45) is 11.8 Å². The number of carbonyl (C=O) groups excluding carboxylic acids is 2. The second kappa shape index (κ2) is 22.2. The fourth-order valence-corrected chi connectivity index (χ4v) is 10.3. The monoisotopic (exact) mass is 876 g/mol. The molecule has 2 aliphatic rings. The van der Waals surface area contributed by atoms with Gasteiger partial charge < -0.3 is 43.9 Å². The molecular formula is C42H59N3O13PS+. The number of esters is 1. The third kappa shape index (κ3) is 13.5. The van der Waals surface area contributed by atoms with Crippen LogP contribution in [0.5, 0.6) is 11.5 Å². The topological polar surface area (TPSA) is 202 Å². The number of nitrogens with zero attached hydrogens (tertiary/aromatic N) is 1. The molecule has 0 bridgehead atoms. The maximum Gasteiger partial charge on any atom is 0.407 e. The van der Waals surface area contributed by atoms with Crippen molar-refractivity contribution in [3.63, 3.8) is 0 Å². The van der Waals surface area contributed by atoms with Gasteiger partial charge in [-0.05, 0) is 74.6 Å². The van der Waals surface area contributed by atoms with E-state index in [4.69, 9.17) is 32.7 Å². The van der Waals surface area contributed by atoms with Gasteiger partial charge in [-0.1, -0.05) is 56.3 Å². The van der Waals surface area contributed by atoms with E-state index in [2.05, 4.69) is 5.32 Å². The summed E-state index contributed by atoms with van der Waals surface area (Å²) in [4.78, 5) is 25.7. The number of amides is 1. The molecular weight excluding hydrogens is 818 g/mol. The summed E-state index contributed by atoms with van der Waals surface area (Å²) in [7, 11) is -6.32. The molecule has 3 aromatic carbocycles. The summed E-state index contributed by atoms with van der Waals surface area (Å²) < 4.78 is 81.6. The lowest BCUT2D eigenvalue weighted by atomic mass is 10.00. The summed E-state index contributed by atoms with van der Waals surface area (Å²) >= 11 is 0. The van der Waals surface area contributed by atoms with Crippen LogP contribution in [0.3, 0.4) is 0 Å². The van der Waals surface area contributed by atoms with Crippen LogP contribution in [-0.4, -0.2) is 113 Å². The first kappa shape index (κ1) is 47.0. The summed E-state index contributed by atoms with van der Waals surface area (Å²) in [5.74, 6) is 0.0652. The zero-order valence-corrected chi connectivity index (χ0v) is 36.6. The molecule has 2 aliphatic heterocycles. The first-order valence-corrected chi connectivity index (χ1v) is 23.5. The van der Waals surface area contributed by atoms with Gasteiger partial charge >= 0.3 is 19.7 Å². The number of benzene rings is 3. The Kier molecular flexibility index (Phi) is 17.4. The summed E-state index contributed by atoms with van der Waals surface area (Å²) in [6, 6.07) is 21.3. The number of ether oxygens (including phenoxy) is 5. The van der Waals surface area contributed by atoms with E-state index in [-0.39, 0.29) is 55.6 Å². The number of para-hydroxylation sites is 1. The quantitative estimate of drug-likeness (QED) is 0.0699. The summed E-state index contributed by atoms with van der Waals surface area (Å²) in [6.07, 6.45) is -3.25. The van der Waals surface area contributed by atoms with Crippen molar-refractivity contribution < 1.29 is 65.7 Å². The van der Waals surface area contributed by atoms with Gasteiger partial charge in [0.05, 0.1) is 56.4 Å². The average molecular weight is 877 g/mol. The molecule has 2 fully saturated rings. The molecule has 7 atom stereocenters. The summed E-state index contributed by atoms with van der Waals surface area (Å²) in [5.41, 5.74) is 1.71. The minimum absolute atomic E-state index is 0.0223. The van der Waals surface area contributed by atoms with E-state index in [1.807, 2.05) is 43.4 Å². The van der Waals surface area contributed by atoms with Crippen LogP contribution in [0.4, 0.5) is 4.79 Å². The molecule has 5 rings (SSSR count). The van der Waals surface area contributed by atoms with Crippen molar-refractivity contribution >= 4 is 29.7 Å². The minimum Gasteiger partial charge on any atom is -0.497 e. The molecule has 0 aromatic heterocycles. The van der Waals surface area contributed by atoms with Crippen LogP contribution in [0, 0.1) is 11.8 Å². The van der Waals surface area contributed by atoms with Crippen LogP contribution >= 0.6 is 7.60 Å². The molecule has 0 radical (unpaired) electrons. The highest BCUT2D eigenvalue weighted by atomic mass is 32.2. The van der Waals surface area contributed by atoms with Crippen LogP contribution in [-0.2, 0) is 55.8 Å². The molecule has 16 nitrogen and oxygen atoms in total. The third-order valence-corrected chi connectivity index (χ3v) is 13.8. The number of hydrogen-bond donors (Lipinski definition) is 3. The molecule has 1 amide bonds. The van der Waals surface area contributed by atoms with E-state index < -0.39 is 60.3 Å². The van der Waals surface area contributed by atoms with E-state index in [1.54, 1.807) is 49.4 Å². The van der Waals surface area contributed by atoms with E-state index in [0.717, 1.165) is 11.1 Å². The maximum absolute atomic E-state index is 13.9. The number of methoxy groups -OCH3 is 1. The number of aliphatic hydroxyl groups excluding tert-OH is 1. The Hall–Kier alpha value is -4.06. The maximum atomic E-state index is 13.9. The van der Waals surface area contributed by atoms with Gasteiger partial charge in [-0.15, -0.1) is 0 Å². The molecule has 4 N–H and O–H groups in total. The predicted molar refractivity (Wildman–Crippen MR) is 221 cm³/mol. The van der Waals surface area contributed by atoms with Gasteiger partial charge in [0.15, 0.2) is 12.4 Å². The van der Waals surface area contributed by atoms with Gasteiger partial charge in [0.2, 0.25) is 10.0 Å². The standard InChI is InChI=1S/C42H58N3O13PS/c1-6-53-40(47)30(4)57-59(49,58-34-10-8-7-9-11-34)23-21-43-25-32-14-12-31(13-15-32)24-37(44-42(48)56-39-28-55-41-36(39)20-22-54-41)38(46)27-45(26-29(2)3)60(50,51)35-18-16-33(52-5)17-19-35/h7-19,29-30,36-39,41,43,46H,6,20-28H2,1-5H3,(H,44,48)/p+1/t30-,36-,37-,38+,39?,41+,59?/m0/s1. The van der Waals surface area contributed by atoms with Gasteiger partial charge in [0.1, 0.15) is 30.3 Å². The average Bonchev–Trinajstić information content (AvgIpc) is 3.85. The van der Waals surface area contributed by atoms with Crippen molar-refractivity contribution in [3.05, 3.63) is 90.0 Å². The molecule has 0 spiro atoms. The minimum atomic E-state index is -4.05. The lowest BCUT2D eigenvalue weighted by Crippen LogP contribution is -2.83. The number of carbonyl (C=O) groups is 2. The lowest BCUT2D eigenvalue weighted by molar-refractivity contribution is -0.667. The molecule has 0 aliphatic carbocycles. The highest BCUT2D eigenvalue weighted by Gasteiger charge is 2.44. The molecule has 60 heavy (non-hydrogen) atoms. The number of nitrogens with two attached hydrogens (primary N) is 1. The molecule has 0 saturated carbocycles. The van der Waals surface area contributed by atoms with Crippen molar-refractivity contribution in [2.45, 2.75) is 82.6 Å². The Morgan fingerprint density at radius 1 is 0.967 bits per heavy atom. The second-order valence-electron chi connectivity index (χ2n) is 15.2. The molecule has 3 aromatic rings. The smallest absolute Gasteiger partial charge is 0.407 e. The zero-order chi connectivity index (χ0) is 43.3. The third-order valence-electron chi connectivity index (χ3n) is 10.1. The highest BCUT2D eigenvalue weighted by molar-refractivity contribution is 7.89. The lowest BCUT2D eigenvalue weighted by Gasteiger charge is -2.31. The van der Waals surface area contributed by atoms with Crippen molar-refractivity contribution in [2.75, 3.05) is 52.7 Å². The van der Waals surface area contributed by atoms with Crippen LogP contribution in [0.25, 0.3) is 0 Å². The Morgan fingerprint density at radius 3 is 2.33 bits per heavy atom. The number of rotatable bonds is 23. The second-order valence-corrected chi connectivity index (χ2v) is 19.2. The van der Waals surface area contributed by atoms with Gasteiger partial charge in [-0.2, -0.15) is 4.31 Å². The van der Waals surface area contributed by atoms with Crippen molar-refractivity contribution in [1.29, 1.82) is 0 Å². The SMILES string of the molecule is CCOC(=O)[C@H](C)OP(=O)(CC[NH2+]Cc1ccc(C[C@H](NC(=O)OC2CO[C@H]3OCC[C@@H]23)[C@H](O)CN(CC(C)C)S(=O)(=O)c2ccc(OC)cc2)cc1)Oc1ccccc1. The Labute approximate surface area is 352 Å². The first-order chi connectivity index (χ1) is 28.7. The van der Waals surface area contributed by atoms with E-state index in [0.29, 0.717) is 37.6 Å². The van der Waals surface area contributed by atoms with E-state index in [9.17, 15) is 27.7 Å². The van der Waals surface area contributed by atoms with Crippen LogP contribution in [0.15, 0.2) is 83.8 Å². The van der Waals surface area contributed by atoms with Gasteiger partial charge in [-0.3, -0.25) is 4.52 Å². The number of quaternary nitrogens is 1. The predicted octanol–water partition coefficient (Wildman–Crippen LogP) is 4.11.